The molecule has 1 aromatic carbocycles. The van der Waals surface area contributed by atoms with Gasteiger partial charge in [-0.2, -0.15) is 5.10 Å². The summed E-state index contributed by atoms with van der Waals surface area (Å²) in [5.74, 6) is -2.25. The first-order valence-electron chi connectivity index (χ1n) is 9.67. The number of hydrogen-bond acceptors (Lipinski definition) is 6. The number of fused-ring (bicyclic) bond motifs is 1. The minimum atomic E-state index is -1.01. The SMILES string of the molecule is COc1cc(OC)c(F)c(N2Cc3cnc(N)c(C)c3N(Cc3cnn(C)c3)C2=O)c1F. The second-order valence-corrected chi connectivity index (χ2v) is 7.38. The standard InChI is InChI=1S/C21H22F2N6O3/c1-11-18-13(7-25-20(11)24)10-29(21(30)28(18)9-12-6-26-27(2)8-12)19-16(22)14(31-3)5-15(32-4)17(19)23/h5-8H,9-10H2,1-4H3,(H2,24,25). The van der Waals surface area contributed by atoms with Gasteiger partial charge in [-0.25, -0.2) is 18.6 Å². The maximum absolute atomic E-state index is 15.2. The average molecular weight is 444 g/mol. The van der Waals surface area contributed by atoms with E-state index in [-0.39, 0.29) is 30.4 Å². The maximum Gasteiger partial charge on any atom is 0.329 e. The molecule has 3 aromatic rings. The van der Waals surface area contributed by atoms with Crippen molar-refractivity contribution in [3.63, 3.8) is 0 Å². The van der Waals surface area contributed by atoms with E-state index in [2.05, 4.69) is 10.1 Å². The van der Waals surface area contributed by atoms with Crippen LogP contribution >= 0.6 is 0 Å². The van der Waals surface area contributed by atoms with Gasteiger partial charge in [-0.3, -0.25) is 14.5 Å². The Labute approximate surface area is 183 Å². The molecule has 0 atom stereocenters. The first kappa shape index (κ1) is 21.3. The third-order valence-electron chi connectivity index (χ3n) is 5.38. The lowest BCUT2D eigenvalue weighted by atomic mass is 10.0. The highest BCUT2D eigenvalue weighted by atomic mass is 19.1. The van der Waals surface area contributed by atoms with Crippen molar-refractivity contribution in [2.24, 2.45) is 7.05 Å². The molecule has 4 rings (SSSR count). The highest BCUT2D eigenvalue weighted by Gasteiger charge is 2.38. The number of ether oxygens (including phenoxy) is 2. The molecule has 0 saturated heterocycles. The molecule has 2 amide bonds. The van der Waals surface area contributed by atoms with Gasteiger partial charge in [0.25, 0.3) is 0 Å². The van der Waals surface area contributed by atoms with Crippen LogP contribution in [0.2, 0.25) is 0 Å². The number of nitrogens with two attached hydrogens (primary N) is 1. The van der Waals surface area contributed by atoms with Crippen LogP contribution in [0.15, 0.2) is 24.7 Å². The summed E-state index contributed by atoms with van der Waals surface area (Å²) in [6.45, 7) is 1.75. The van der Waals surface area contributed by atoms with Crippen LogP contribution in [0.3, 0.4) is 0 Å². The van der Waals surface area contributed by atoms with Crippen molar-refractivity contribution in [3.05, 3.63) is 53.0 Å². The van der Waals surface area contributed by atoms with Crippen LogP contribution in [0.1, 0.15) is 16.7 Å². The lowest BCUT2D eigenvalue weighted by Crippen LogP contribution is -2.48. The molecule has 11 heteroatoms. The zero-order valence-corrected chi connectivity index (χ0v) is 18.0. The number of aromatic nitrogens is 3. The van der Waals surface area contributed by atoms with E-state index in [1.165, 1.54) is 25.3 Å². The number of nitrogens with zero attached hydrogens (tertiary/aromatic N) is 5. The third-order valence-corrected chi connectivity index (χ3v) is 5.38. The number of aryl methyl sites for hydroxylation is 1. The van der Waals surface area contributed by atoms with Crippen LogP contribution in [0.25, 0.3) is 0 Å². The second-order valence-electron chi connectivity index (χ2n) is 7.38. The van der Waals surface area contributed by atoms with Gasteiger partial charge in [-0.1, -0.05) is 0 Å². The number of carbonyl (C=O) groups is 1. The minimum absolute atomic E-state index is 0.115. The van der Waals surface area contributed by atoms with Crippen LogP contribution in [0, 0.1) is 18.6 Å². The molecule has 0 bridgehead atoms. The number of amides is 2. The lowest BCUT2D eigenvalue weighted by Gasteiger charge is -2.38. The molecule has 0 aliphatic carbocycles. The predicted octanol–water partition coefficient (Wildman–Crippen LogP) is 3.15. The Morgan fingerprint density at radius 3 is 2.34 bits per heavy atom. The molecule has 0 radical (unpaired) electrons. The van der Waals surface area contributed by atoms with E-state index < -0.39 is 23.4 Å². The third kappa shape index (κ3) is 3.35. The van der Waals surface area contributed by atoms with Gasteiger partial charge in [-0.05, 0) is 6.92 Å². The van der Waals surface area contributed by atoms with Crippen LogP contribution in [-0.4, -0.2) is 35.0 Å². The summed E-state index contributed by atoms with van der Waals surface area (Å²) in [6, 6.07) is 0.458. The summed E-state index contributed by atoms with van der Waals surface area (Å²) in [7, 11) is 4.25. The molecule has 3 heterocycles. The fraction of sp³-hybridized carbons (Fsp3) is 0.286. The van der Waals surface area contributed by atoms with E-state index in [0.717, 1.165) is 16.5 Å². The molecule has 1 aliphatic heterocycles. The van der Waals surface area contributed by atoms with E-state index >= 15 is 8.78 Å². The van der Waals surface area contributed by atoms with Crippen molar-refractivity contribution < 1.29 is 23.0 Å². The molecule has 9 nitrogen and oxygen atoms in total. The summed E-state index contributed by atoms with van der Waals surface area (Å²) in [5, 5.41) is 4.13. The number of urea groups is 1. The summed E-state index contributed by atoms with van der Waals surface area (Å²) in [6.07, 6.45) is 4.86. The van der Waals surface area contributed by atoms with Gasteiger partial charge in [0, 0.05) is 42.2 Å². The Balaban J connectivity index is 1.89. The van der Waals surface area contributed by atoms with E-state index in [4.69, 9.17) is 15.2 Å². The number of carbonyl (C=O) groups excluding carboxylic acids is 1. The molecule has 1 aliphatic rings. The Morgan fingerprint density at radius 1 is 1.12 bits per heavy atom. The number of nitrogen functional groups attached to an aromatic ring is 1. The van der Waals surface area contributed by atoms with Crippen molar-refractivity contribution >= 4 is 23.2 Å². The normalized spacial score (nSPS) is 13.4. The average Bonchev–Trinajstić information content (AvgIpc) is 3.18. The summed E-state index contributed by atoms with van der Waals surface area (Å²) in [5.41, 5.74) is 7.89. The number of hydrogen-bond donors (Lipinski definition) is 1. The number of methoxy groups -OCH3 is 2. The summed E-state index contributed by atoms with van der Waals surface area (Å²) >= 11 is 0. The highest BCUT2D eigenvalue weighted by Crippen LogP contribution is 2.42. The van der Waals surface area contributed by atoms with Gasteiger partial charge in [0.05, 0.1) is 39.2 Å². The van der Waals surface area contributed by atoms with E-state index in [0.29, 0.717) is 16.8 Å². The smallest absolute Gasteiger partial charge is 0.329 e. The fourth-order valence-corrected chi connectivity index (χ4v) is 3.81. The van der Waals surface area contributed by atoms with Gasteiger partial charge in [-0.15, -0.1) is 0 Å². The summed E-state index contributed by atoms with van der Waals surface area (Å²) in [4.78, 5) is 20.2. The molecular formula is C21H22F2N6O3. The Hall–Kier alpha value is -3.89. The molecule has 2 aromatic heterocycles. The van der Waals surface area contributed by atoms with Gasteiger partial charge in [0.15, 0.2) is 23.1 Å². The van der Waals surface area contributed by atoms with Crippen LogP contribution in [0.4, 0.5) is 30.8 Å². The predicted molar refractivity (Wildman–Crippen MR) is 114 cm³/mol. The van der Waals surface area contributed by atoms with Crippen LogP contribution in [-0.2, 0) is 20.1 Å². The van der Waals surface area contributed by atoms with E-state index in [1.54, 1.807) is 31.0 Å². The number of pyridine rings is 1. The van der Waals surface area contributed by atoms with Crippen LogP contribution < -0.4 is 25.0 Å². The van der Waals surface area contributed by atoms with Crippen LogP contribution in [0.5, 0.6) is 11.5 Å². The zero-order chi connectivity index (χ0) is 23.2. The molecule has 32 heavy (non-hydrogen) atoms. The van der Waals surface area contributed by atoms with Crippen molar-refractivity contribution in [2.45, 2.75) is 20.0 Å². The Morgan fingerprint density at radius 2 is 1.78 bits per heavy atom. The topological polar surface area (TPSA) is 98.7 Å². The molecule has 0 spiro atoms. The minimum Gasteiger partial charge on any atom is -0.493 e. The second kappa shape index (κ2) is 7.98. The quantitative estimate of drug-likeness (QED) is 0.649. The maximum atomic E-state index is 15.2. The van der Waals surface area contributed by atoms with Crippen molar-refractivity contribution in [1.82, 2.24) is 14.8 Å². The van der Waals surface area contributed by atoms with Crippen molar-refractivity contribution in [3.8, 4) is 11.5 Å². The number of halogens is 2. The Kier molecular flexibility index (Phi) is 5.33. The molecule has 0 unspecified atom stereocenters. The van der Waals surface area contributed by atoms with Gasteiger partial charge >= 0.3 is 6.03 Å². The first-order chi connectivity index (χ1) is 15.3. The van der Waals surface area contributed by atoms with E-state index in [1.807, 2.05) is 0 Å². The fourth-order valence-electron chi connectivity index (χ4n) is 3.81. The number of rotatable bonds is 5. The largest absolute Gasteiger partial charge is 0.493 e. The van der Waals surface area contributed by atoms with Gasteiger partial charge in [0.1, 0.15) is 11.5 Å². The van der Waals surface area contributed by atoms with E-state index in [9.17, 15) is 4.79 Å². The molecule has 0 saturated carbocycles. The van der Waals surface area contributed by atoms with Crippen molar-refractivity contribution in [1.29, 1.82) is 0 Å². The lowest BCUT2D eigenvalue weighted by molar-refractivity contribution is 0.249. The monoisotopic (exact) mass is 444 g/mol. The highest BCUT2D eigenvalue weighted by molar-refractivity contribution is 6.07. The first-order valence-corrected chi connectivity index (χ1v) is 9.67. The number of anilines is 3. The summed E-state index contributed by atoms with van der Waals surface area (Å²) < 4.78 is 42.1. The molecule has 2 N–H and O–H groups in total. The number of benzene rings is 1. The van der Waals surface area contributed by atoms with Crippen molar-refractivity contribution in [2.75, 3.05) is 29.8 Å². The Bertz CT molecular complexity index is 1180. The zero-order valence-electron chi connectivity index (χ0n) is 18.0. The van der Waals surface area contributed by atoms with Gasteiger partial charge < -0.3 is 15.2 Å². The molecule has 168 valence electrons. The molecular weight excluding hydrogens is 422 g/mol. The molecule has 0 fully saturated rings. The van der Waals surface area contributed by atoms with Gasteiger partial charge in [0.2, 0.25) is 0 Å².